The first-order chi connectivity index (χ1) is 26.3. The zero-order valence-electron chi connectivity index (χ0n) is 33.3. The van der Waals surface area contributed by atoms with Gasteiger partial charge in [-0.15, -0.1) is 12.8 Å². The fourth-order valence-corrected chi connectivity index (χ4v) is 13.7. The molecule has 7 fully saturated rings. The van der Waals surface area contributed by atoms with Crippen LogP contribution in [0.5, 0.6) is 5.75 Å². The van der Waals surface area contributed by atoms with Crippen molar-refractivity contribution in [3.8, 4) is 18.6 Å². The van der Waals surface area contributed by atoms with Crippen LogP contribution in [0.15, 0.2) is 24.3 Å². The van der Waals surface area contributed by atoms with Gasteiger partial charge in [-0.05, 0) is 146 Å². The van der Waals surface area contributed by atoms with E-state index in [2.05, 4.69) is 40.5 Å². The number of ether oxygens (including phenoxy) is 4. The second-order valence-corrected chi connectivity index (χ2v) is 18.8. The van der Waals surface area contributed by atoms with Crippen molar-refractivity contribution in [1.29, 1.82) is 0 Å². The van der Waals surface area contributed by atoms with Gasteiger partial charge >= 0.3 is 6.16 Å². The number of nitro benzene ring substituents is 1. The summed E-state index contributed by atoms with van der Waals surface area (Å²) in [6.45, 7) is 11.9. The molecule has 302 valence electrons. The molecule has 0 aromatic heterocycles. The average Bonchev–Trinajstić information content (AvgIpc) is 4.06. The van der Waals surface area contributed by atoms with Gasteiger partial charge in [-0.1, -0.05) is 27.7 Å². The molecule has 2 spiro atoms. The maximum atomic E-state index is 12.9. The number of nitrogens with zero attached hydrogens (tertiary/aromatic N) is 2. The summed E-state index contributed by atoms with van der Waals surface area (Å²) in [6, 6.07) is 5.33. The van der Waals surface area contributed by atoms with Gasteiger partial charge in [-0.2, -0.15) is 0 Å². The average molecular weight is 763 g/mol. The highest BCUT2D eigenvalue weighted by atomic mass is 16.7. The van der Waals surface area contributed by atoms with E-state index in [1.165, 1.54) is 62.8 Å². The fraction of sp³-hybridized carbons (Fsp3) is 0.773. The summed E-state index contributed by atoms with van der Waals surface area (Å²) < 4.78 is 23.4. The molecule has 1 N–H and O–H groups in total. The predicted molar refractivity (Wildman–Crippen MR) is 206 cm³/mol. The summed E-state index contributed by atoms with van der Waals surface area (Å²) in [5.74, 6) is 3.73. The van der Waals surface area contributed by atoms with Crippen LogP contribution in [0.1, 0.15) is 111 Å². The molecule has 6 aliphatic carbocycles. The molecule has 11 atom stereocenters. The van der Waals surface area contributed by atoms with Gasteiger partial charge in [0.25, 0.3) is 5.69 Å². The molecule has 1 aromatic carbocycles. The number of terminal acetylenes is 1. The van der Waals surface area contributed by atoms with Gasteiger partial charge in [0.05, 0.1) is 36.9 Å². The number of morpholine rings is 1. The first-order valence-corrected chi connectivity index (χ1v) is 21.0. The summed E-state index contributed by atoms with van der Waals surface area (Å²) in [5.41, 5.74) is 0.737. The van der Waals surface area contributed by atoms with Crippen LogP contribution in [-0.4, -0.2) is 71.8 Å². The number of fused-ring (bicyclic) bond motifs is 2. The molecule has 1 heterocycles. The minimum Gasteiger partial charge on any atom is -0.434 e. The number of non-ortho nitro benzene ring substituents is 1. The molecule has 5 unspecified atom stereocenters. The highest BCUT2D eigenvalue weighted by Crippen LogP contribution is 2.89. The van der Waals surface area contributed by atoms with E-state index in [0.717, 1.165) is 32.1 Å². The second-order valence-electron chi connectivity index (χ2n) is 18.8. The maximum Gasteiger partial charge on any atom is 0.513 e. The number of benzene rings is 1. The number of carbonyl (C=O) groups is 2. The number of aliphatic hydroxyl groups excluding tert-OH is 1. The predicted octanol–water partition coefficient (Wildman–Crippen LogP) is 8.17. The standard InChI is InChI=1S/C42H60N2O9.C2H2/c1-26-41-19-18-40(4)31(7-5-6-21-51-38(47)52-29-12-10-28(11-13-29)44(48)49)33(45)24-32(40)30(41)14-15-34-39(2,3)35(16-17-42(26,34)41)53-37-25-43(20-22-50-37)36(46)23-27-8-9-27;1-2/h10-13,26-27,30-35,37,45H,5-9,14-25H2,1-4H3;1-2H/t26-,30-,31?,32?,33+,34?,35-,37?,40+,41-,42?;/m0./s1. The minimum atomic E-state index is -0.819. The van der Waals surface area contributed by atoms with Gasteiger partial charge in [0.15, 0.2) is 6.29 Å². The smallest absolute Gasteiger partial charge is 0.434 e. The summed E-state index contributed by atoms with van der Waals surface area (Å²) in [6.07, 6.45) is 20.1. The molecule has 1 saturated heterocycles. The van der Waals surface area contributed by atoms with Crippen molar-refractivity contribution in [2.45, 2.75) is 130 Å². The lowest BCUT2D eigenvalue weighted by Gasteiger charge is -2.59. The maximum absolute atomic E-state index is 12.9. The molecule has 1 amide bonds. The van der Waals surface area contributed by atoms with Crippen LogP contribution in [0.3, 0.4) is 0 Å². The van der Waals surface area contributed by atoms with E-state index in [0.29, 0.717) is 73.0 Å². The van der Waals surface area contributed by atoms with E-state index >= 15 is 0 Å². The van der Waals surface area contributed by atoms with Crippen LogP contribution in [0, 0.1) is 80.1 Å². The van der Waals surface area contributed by atoms with Crippen LogP contribution >= 0.6 is 0 Å². The molecule has 11 heteroatoms. The van der Waals surface area contributed by atoms with Crippen LogP contribution in [0.2, 0.25) is 0 Å². The zero-order valence-corrected chi connectivity index (χ0v) is 33.3. The van der Waals surface area contributed by atoms with E-state index in [-0.39, 0.29) is 59.2 Å². The zero-order chi connectivity index (χ0) is 39.3. The number of rotatable bonds is 11. The molecule has 1 aliphatic heterocycles. The Morgan fingerprint density at radius 1 is 1.00 bits per heavy atom. The molecule has 11 nitrogen and oxygen atoms in total. The molecule has 1 aromatic rings. The quantitative estimate of drug-likeness (QED) is 0.0591. The Bertz CT molecular complexity index is 1610. The van der Waals surface area contributed by atoms with Crippen LogP contribution in [0.4, 0.5) is 10.5 Å². The summed E-state index contributed by atoms with van der Waals surface area (Å²) in [5, 5.41) is 22.5. The van der Waals surface area contributed by atoms with Gasteiger partial charge < -0.3 is 29.0 Å². The van der Waals surface area contributed by atoms with E-state index in [9.17, 15) is 24.8 Å². The number of hydrogen-bond acceptors (Lipinski definition) is 9. The first-order valence-electron chi connectivity index (χ1n) is 21.0. The molecular formula is C44H62N2O9. The van der Waals surface area contributed by atoms with Crippen molar-refractivity contribution in [3.63, 3.8) is 0 Å². The lowest BCUT2D eigenvalue weighted by molar-refractivity contribution is -0.384. The topological polar surface area (TPSA) is 138 Å². The van der Waals surface area contributed by atoms with Gasteiger partial charge in [-0.25, -0.2) is 4.79 Å². The molecule has 8 rings (SSSR count). The van der Waals surface area contributed by atoms with E-state index < -0.39 is 11.1 Å². The summed E-state index contributed by atoms with van der Waals surface area (Å²) >= 11 is 0. The fourth-order valence-electron chi connectivity index (χ4n) is 13.7. The number of hydrogen-bond donors (Lipinski definition) is 1. The third-order valence-corrected chi connectivity index (χ3v) is 16.4. The van der Waals surface area contributed by atoms with Crippen LogP contribution in [0.25, 0.3) is 0 Å². The van der Waals surface area contributed by atoms with Crippen molar-refractivity contribution in [2.24, 2.45) is 57.2 Å². The minimum absolute atomic E-state index is 0.0134. The molecular weight excluding hydrogens is 700 g/mol. The van der Waals surface area contributed by atoms with Gasteiger partial charge in [-0.3, -0.25) is 14.9 Å². The third-order valence-electron chi connectivity index (χ3n) is 16.4. The highest BCUT2D eigenvalue weighted by Gasteiger charge is 2.84. The third kappa shape index (κ3) is 6.86. The number of nitro groups is 1. The lowest BCUT2D eigenvalue weighted by Crippen LogP contribution is -2.56. The second kappa shape index (κ2) is 15.3. The van der Waals surface area contributed by atoms with Crippen LogP contribution < -0.4 is 4.74 Å². The number of carbonyl (C=O) groups excluding carboxylic acids is 2. The Kier molecular flexibility index (Phi) is 11.1. The van der Waals surface area contributed by atoms with Gasteiger partial charge in [0.2, 0.25) is 5.91 Å². The molecule has 6 saturated carbocycles. The lowest BCUT2D eigenvalue weighted by atomic mass is 9.46. The van der Waals surface area contributed by atoms with E-state index in [1.54, 1.807) is 0 Å². The Morgan fingerprint density at radius 3 is 2.45 bits per heavy atom. The number of amides is 1. The number of aliphatic hydroxyl groups is 1. The van der Waals surface area contributed by atoms with E-state index in [1.807, 2.05) is 4.90 Å². The van der Waals surface area contributed by atoms with Crippen molar-refractivity contribution in [3.05, 3.63) is 34.4 Å². The first kappa shape index (κ1) is 40.0. The van der Waals surface area contributed by atoms with Crippen molar-refractivity contribution >= 4 is 17.7 Å². The summed E-state index contributed by atoms with van der Waals surface area (Å²) in [4.78, 5) is 37.4. The van der Waals surface area contributed by atoms with Crippen LogP contribution in [-0.2, 0) is 19.0 Å². The Balaban J connectivity index is 0.00000229. The van der Waals surface area contributed by atoms with Crippen molar-refractivity contribution < 1.29 is 38.6 Å². The molecule has 0 radical (unpaired) electrons. The van der Waals surface area contributed by atoms with Crippen molar-refractivity contribution in [2.75, 3.05) is 26.3 Å². The Hall–Kier alpha value is -3.20. The highest BCUT2D eigenvalue weighted by molar-refractivity contribution is 5.76. The van der Waals surface area contributed by atoms with Gasteiger partial charge in [0, 0.05) is 25.1 Å². The SMILES string of the molecule is C#C.C[C@@H]1C23CC[C@H](OC4CN(C(=O)CC5CC5)CCO4)C(C)(C)C2CC[C@H]2C4C[C@@H](O)C(CCCCOC(=O)Oc5ccc([N+](=O)[O-])cc5)[C@@]4(C)CC[C@]123. The summed E-state index contributed by atoms with van der Waals surface area (Å²) in [7, 11) is 0. The molecule has 7 aliphatic rings. The molecule has 55 heavy (non-hydrogen) atoms. The van der Waals surface area contributed by atoms with Crippen molar-refractivity contribution in [1.82, 2.24) is 4.90 Å². The number of unbranched alkanes of at least 4 members (excludes halogenated alkanes) is 1. The normalized spacial score (nSPS) is 39.5. The Morgan fingerprint density at radius 2 is 1.75 bits per heavy atom. The Labute approximate surface area is 326 Å². The van der Waals surface area contributed by atoms with Gasteiger partial charge in [0.1, 0.15) is 5.75 Å². The monoisotopic (exact) mass is 762 g/mol. The largest absolute Gasteiger partial charge is 0.513 e. The van der Waals surface area contributed by atoms with E-state index in [4.69, 9.17) is 18.9 Å². The molecule has 0 bridgehead atoms.